The third-order valence-corrected chi connectivity index (χ3v) is 20.4. The van der Waals surface area contributed by atoms with Crippen LogP contribution in [0.3, 0.4) is 0 Å². The van der Waals surface area contributed by atoms with Crippen molar-refractivity contribution in [3.8, 4) is 0 Å². The van der Waals surface area contributed by atoms with Crippen molar-refractivity contribution in [1.29, 1.82) is 0 Å². The van der Waals surface area contributed by atoms with Gasteiger partial charge in [0, 0.05) is 18.9 Å². The van der Waals surface area contributed by atoms with Gasteiger partial charge in [0.15, 0.2) is 18.7 Å². The van der Waals surface area contributed by atoms with Crippen molar-refractivity contribution in [3.63, 3.8) is 0 Å². The van der Waals surface area contributed by atoms with Crippen molar-refractivity contribution in [2.75, 3.05) is 26.4 Å². The zero-order chi connectivity index (χ0) is 74.1. The molecule has 0 aromatic rings. The summed E-state index contributed by atoms with van der Waals surface area (Å²) in [5.41, 5.74) is 0. The number of hydrogen-bond donors (Lipinski definition) is 11. The highest BCUT2D eigenvalue weighted by Gasteiger charge is 2.58. The zero-order valence-electron chi connectivity index (χ0n) is 61.9. The molecule has 1 saturated carbocycles. The number of unbranched alkanes of at least 4 members (excludes halogenated alkanes) is 32. The van der Waals surface area contributed by atoms with Crippen LogP contribution in [0.1, 0.15) is 291 Å². The molecule has 25 heteroatoms. The van der Waals surface area contributed by atoms with E-state index in [2.05, 4.69) is 39.8 Å². The molecule has 0 aromatic heterocycles. The Labute approximate surface area is 604 Å². The van der Waals surface area contributed by atoms with Crippen LogP contribution >= 0.6 is 7.82 Å². The van der Waals surface area contributed by atoms with Gasteiger partial charge in [-0.15, -0.1) is 0 Å². The fraction of sp³-hybridized carbons (Fsp3) is 0.882. The van der Waals surface area contributed by atoms with E-state index in [1.807, 2.05) is 6.08 Å². The maximum absolute atomic E-state index is 14.3. The minimum atomic E-state index is -5.73. The molecule has 0 amide bonds. The number of rotatable bonds is 60. The van der Waals surface area contributed by atoms with Crippen molar-refractivity contribution >= 4 is 25.7 Å². The van der Waals surface area contributed by atoms with Gasteiger partial charge in [-0.25, -0.2) is 9.36 Å². The summed E-state index contributed by atoms with van der Waals surface area (Å²) in [6.45, 7) is 5.65. The van der Waals surface area contributed by atoms with Crippen LogP contribution in [0.4, 0.5) is 0 Å². The first-order chi connectivity index (χ1) is 48.7. The molecule has 3 fully saturated rings. The van der Waals surface area contributed by atoms with Gasteiger partial charge in [-0.1, -0.05) is 257 Å². The minimum absolute atomic E-state index is 0.0197. The van der Waals surface area contributed by atoms with Crippen molar-refractivity contribution in [3.05, 3.63) is 36.5 Å². The number of carbonyl (C=O) groups is 3. The standard InChI is InChI=1S/C76H137O24P/c1-5-8-11-14-17-19-21-23-25-27-29-31-33-39-44-49-60(78)92-53-57(95-62(80)51-46-41-34-32-30-28-26-24-22-20-18-15-12-9-6-2)54-94-101(90,91)100-74-72(98-75-70(88)65(83)63(81)58(52-77)96-75)68(86)67(85)69(87)73(74)99-76-71(89)66(84)64(82)59(97-76)55-93-61(79)50-45-40-36-35-38-43-48-56(4)47-42-37-16-13-10-7-3/h19,21,34,41,46,51,56-59,63-77,81-89H,5-18,20,22-33,35-40,42-45,47-50,52-55H2,1-4H3,(H,90,91)/b21-19-,41-34+,51-46+. The smallest absolute Gasteiger partial charge is 0.463 e. The molecular formula is C76H137O24P. The van der Waals surface area contributed by atoms with E-state index < -0.39 is 156 Å². The second-order valence-corrected chi connectivity index (χ2v) is 29.8. The average molecular weight is 1470 g/mol. The lowest BCUT2D eigenvalue weighted by atomic mass is 9.84. The Morgan fingerprint density at radius 3 is 1.29 bits per heavy atom. The molecule has 0 spiro atoms. The van der Waals surface area contributed by atoms with E-state index in [0.717, 1.165) is 115 Å². The Kier molecular flexibility index (Phi) is 51.6. The molecule has 2 aliphatic heterocycles. The van der Waals surface area contributed by atoms with E-state index in [-0.39, 0.29) is 12.8 Å². The summed E-state index contributed by atoms with van der Waals surface area (Å²) in [7, 11) is -5.73. The van der Waals surface area contributed by atoms with Crippen molar-refractivity contribution in [2.24, 2.45) is 5.92 Å². The maximum Gasteiger partial charge on any atom is 0.472 e. The van der Waals surface area contributed by atoms with Crippen LogP contribution in [0.5, 0.6) is 0 Å². The highest BCUT2D eigenvalue weighted by molar-refractivity contribution is 7.47. The number of allylic oxidation sites excluding steroid dienone is 5. The summed E-state index contributed by atoms with van der Waals surface area (Å²) in [4.78, 5) is 51.0. The first kappa shape index (κ1) is 92.4. The monoisotopic (exact) mass is 1460 g/mol. The van der Waals surface area contributed by atoms with Crippen molar-refractivity contribution < 1.29 is 117 Å². The zero-order valence-corrected chi connectivity index (χ0v) is 62.7. The normalized spacial score (nSPS) is 27.7. The van der Waals surface area contributed by atoms with Crippen LogP contribution < -0.4 is 0 Å². The van der Waals surface area contributed by atoms with E-state index in [4.69, 9.17) is 42.2 Å². The van der Waals surface area contributed by atoms with Crippen molar-refractivity contribution in [1.82, 2.24) is 0 Å². The number of esters is 3. The first-order valence-electron chi connectivity index (χ1n) is 39.2. The molecule has 3 aliphatic rings. The molecule has 19 unspecified atom stereocenters. The van der Waals surface area contributed by atoms with Gasteiger partial charge in [-0.3, -0.25) is 18.6 Å². The Bertz CT molecular complexity index is 2240. The number of phosphoric acid groups is 1. The summed E-state index contributed by atoms with van der Waals surface area (Å²) >= 11 is 0. The number of hydrogen-bond acceptors (Lipinski definition) is 23. The van der Waals surface area contributed by atoms with Gasteiger partial charge in [-0.05, 0) is 57.3 Å². The van der Waals surface area contributed by atoms with E-state index in [1.54, 1.807) is 6.08 Å². The summed E-state index contributed by atoms with van der Waals surface area (Å²) in [6.07, 6.45) is 18.4. The van der Waals surface area contributed by atoms with Gasteiger partial charge < -0.3 is 89.1 Å². The van der Waals surface area contributed by atoms with Gasteiger partial charge in [-0.2, -0.15) is 0 Å². The van der Waals surface area contributed by atoms with Crippen LogP contribution in [0.15, 0.2) is 36.5 Å². The lowest BCUT2D eigenvalue weighted by molar-refractivity contribution is -0.360. The summed E-state index contributed by atoms with van der Waals surface area (Å²) in [5, 5.41) is 110. The molecule has 11 N–H and O–H groups in total. The molecule has 101 heavy (non-hydrogen) atoms. The summed E-state index contributed by atoms with van der Waals surface area (Å²) in [5.74, 6) is -1.56. The molecule has 1 aliphatic carbocycles. The van der Waals surface area contributed by atoms with Crippen LogP contribution in [0.25, 0.3) is 0 Å². The second-order valence-electron chi connectivity index (χ2n) is 28.4. The lowest BCUT2D eigenvalue weighted by Gasteiger charge is -2.49. The Balaban J connectivity index is 1.74. The molecule has 19 atom stereocenters. The summed E-state index contributed by atoms with van der Waals surface area (Å²) < 4.78 is 64.9. The Morgan fingerprint density at radius 2 is 0.822 bits per heavy atom. The first-order valence-corrected chi connectivity index (χ1v) is 40.7. The van der Waals surface area contributed by atoms with Gasteiger partial charge in [0.2, 0.25) is 0 Å². The topological polar surface area (TPSA) is 374 Å². The molecule has 0 aromatic carbocycles. The largest absolute Gasteiger partial charge is 0.472 e. The SMILES string of the molecule is CCCCCC/C=C\CCCCCCCCCC(=O)OCC(COP(=O)(O)OC1C(OC2OC(CO)C(O)C(O)C2O)C(O)C(O)C(O)C1OC1OC(COC(=O)CCCCCCCCC(C)CCCCCCCC)C(O)C(O)C1O)OC(=O)/C=C/C=C/CCCCCCCCCCCCC. The minimum Gasteiger partial charge on any atom is -0.463 e. The van der Waals surface area contributed by atoms with Gasteiger partial charge in [0.25, 0.3) is 0 Å². The molecule has 3 rings (SSSR count). The molecule has 2 saturated heterocycles. The van der Waals surface area contributed by atoms with Gasteiger partial charge in [0.05, 0.1) is 13.2 Å². The highest BCUT2D eigenvalue weighted by Crippen LogP contribution is 2.49. The number of phosphoric ester groups is 1. The van der Waals surface area contributed by atoms with Crippen molar-refractivity contribution in [2.45, 2.75) is 395 Å². The number of aliphatic hydroxyl groups excluding tert-OH is 10. The molecule has 0 radical (unpaired) electrons. The van der Waals surface area contributed by atoms with Crippen LogP contribution in [0.2, 0.25) is 0 Å². The van der Waals surface area contributed by atoms with E-state index in [0.29, 0.717) is 18.8 Å². The number of aliphatic hydroxyl groups is 10. The molecular weight excluding hydrogens is 1330 g/mol. The van der Waals surface area contributed by atoms with E-state index >= 15 is 0 Å². The predicted octanol–water partition coefficient (Wildman–Crippen LogP) is 11.3. The predicted molar refractivity (Wildman–Crippen MR) is 384 cm³/mol. The molecule has 0 bridgehead atoms. The Hall–Kier alpha value is -2.82. The molecule has 24 nitrogen and oxygen atoms in total. The van der Waals surface area contributed by atoms with Crippen LogP contribution in [0, 0.1) is 5.92 Å². The van der Waals surface area contributed by atoms with Crippen LogP contribution in [-0.4, -0.2) is 204 Å². The Morgan fingerprint density at radius 1 is 0.436 bits per heavy atom. The molecule has 590 valence electrons. The lowest BCUT2D eigenvalue weighted by Crippen LogP contribution is -2.69. The van der Waals surface area contributed by atoms with E-state index in [1.165, 1.54) is 134 Å². The number of ether oxygens (including phenoxy) is 7. The van der Waals surface area contributed by atoms with Crippen LogP contribution in [-0.2, 0) is 61.2 Å². The van der Waals surface area contributed by atoms with Gasteiger partial charge >= 0.3 is 25.7 Å². The molecule has 2 heterocycles. The van der Waals surface area contributed by atoms with E-state index in [9.17, 15) is 74.9 Å². The maximum atomic E-state index is 14.3. The quantitative estimate of drug-likeness (QED) is 0.00512. The van der Waals surface area contributed by atoms with Gasteiger partial charge in [0.1, 0.15) is 98.7 Å². The fourth-order valence-corrected chi connectivity index (χ4v) is 13.9. The second kappa shape index (κ2) is 56.5. The summed E-state index contributed by atoms with van der Waals surface area (Å²) in [6, 6.07) is 0. The average Bonchev–Trinajstić information content (AvgIpc) is 0.762. The third-order valence-electron chi connectivity index (χ3n) is 19.4. The third kappa shape index (κ3) is 39.6. The number of carbonyl (C=O) groups excluding carboxylic acids is 3. The highest BCUT2D eigenvalue weighted by atomic mass is 31.2. The fourth-order valence-electron chi connectivity index (χ4n) is 12.9.